The Bertz CT molecular complexity index is 642. The van der Waals surface area contributed by atoms with E-state index in [4.69, 9.17) is 0 Å². The minimum Gasteiger partial charge on any atom is -0.508 e. The molecule has 5 nitrogen and oxygen atoms in total. The SMILES string of the molecule is CC(C)c1[nH]ncc1S(=O)(=O)c1ccc(O)cc1. The normalized spacial score (nSPS) is 11.9. The molecule has 0 saturated carbocycles. The molecule has 96 valence electrons. The molecule has 2 aromatic rings. The zero-order valence-electron chi connectivity index (χ0n) is 10.1. The van der Waals surface area contributed by atoms with Gasteiger partial charge in [0.15, 0.2) is 0 Å². The molecular formula is C12H14N2O3S. The number of rotatable bonds is 3. The van der Waals surface area contributed by atoms with E-state index in [2.05, 4.69) is 10.2 Å². The molecule has 1 aromatic heterocycles. The number of aromatic hydroxyl groups is 1. The van der Waals surface area contributed by atoms with Crippen LogP contribution in [0, 0.1) is 0 Å². The Labute approximate surface area is 105 Å². The molecule has 2 N–H and O–H groups in total. The summed E-state index contributed by atoms with van der Waals surface area (Å²) >= 11 is 0. The van der Waals surface area contributed by atoms with Gasteiger partial charge in [0, 0.05) is 0 Å². The highest BCUT2D eigenvalue weighted by molar-refractivity contribution is 7.91. The van der Waals surface area contributed by atoms with Crippen LogP contribution in [0.15, 0.2) is 40.3 Å². The summed E-state index contributed by atoms with van der Waals surface area (Å²) in [6.07, 6.45) is 1.32. The van der Waals surface area contributed by atoms with Gasteiger partial charge in [0.2, 0.25) is 9.84 Å². The molecule has 0 fully saturated rings. The first-order chi connectivity index (χ1) is 8.43. The number of hydrogen-bond donors (Lipinski definition) is 2. The number of benzene rings is 1. The van der Waals surface area contributed by atoms with Crippen molar-refractivity contribution in [3.8, 4) is 5.75 Å². The molecule has 18 heavy (non-hydrogen) atoms. The quantitative estimate of drug-likeness (QED) is 0.890. The number of aromatic amines is 1. The molecule has 0 aliphatic carbocycles. The van der Waals surface area contributed by atoms with Gasteiger partial charge in [0.1, 0.15) is 10.6 Å². The summed E-state index contributed by atoms with van der Waals surface area (Å²) < 4.78 is 24.8. The summed E-state index contributed by atoms with van der Waals surface area (Å²) in [6.45, 7) is 3.78. The van der Waals surface area contributed by atoms with Gasteiger partial charge in [-0.05, 0) is 30.2 Å². The van der Waals surface area contributed by atoms with Crippen molar-refractivity contribution in [2.45, 2.75) is 29.6 Å². The second-order valence-electron chi connectivity index (χ2n) is 4.30. The first kappa shape index (κ1) is 12.6. The Balaban J connectivity index is 2.55. The van der Waals surface area contributed by atoms with E-state index in [0.717, 1.165) is 0 Å². The van der Waals surface area contributed by atoms with Crippen LogP contribution in [0.5, 0.6) is 5.75 Å². The first-order valence-electron chi connectivity index (χ1n) is 5.50. The van der Waals surface area contributed by atoms with Crippen molar-refractivity contribution < 1.29 is 13.5 Å². The van der Waals surface area contributed by atoms with Crippen LogP contribution >= 0.6 is 0 Å². The van der Waals surface area contributed by atoms with Crippen LogP contribution < -0.4 is 0 Å². The van der Waals surface area contributed by atoms with Crippen LogP contribution in [-0.4, -0.2) is 23.7 Å². The number of hydrogen-bond acceptors (Lipinski definition) is 4. The molecule has 1 aromatic carbocycles. The number of phenols is 1. The molecule has 0 spiro atoms. The fraction of sp³-hybridized carbons (Fsp3) is 0.250. The Morgan fingerprint density at radius 2 is 1.83 bits per heavy atom. The third-order valence-electron chi connectivity index (χ3n) is 2.65. The van der Waals surface area contributed by atoms with Crippen molar-refractivity contribution in [2.24, 2.45) is 0 Å². The minimum atomic E-state index is -3.59. The lowest BCUT2D eigenvalue weighted by molar-refractivity contribution is 0.475. The molecule has 0 unspecified atom stereocenters. The highest BCUT2D eigenvalue weighted by atomic mass is 32.2. The molecule has 0 radical (unpaired) electrons. The van der Waals surface area contributed by atoms with Gasteiger partial charge in [0.05, 0.1) is 16.8 Å². The Hall–Kier alpha value is -1.82. The van der Waals surface area contributed by atoms with Gasteiger partial charge >= 0.3 is 0 Å². The number of nitrogens with zero attached hydrogens (tertiary/aromatic N) is 1. The van der Waals surface area contributed by atoms with Gasteiger partial charge < -0.3 is 5.11 Å². The molecule has 6 heteroatoms. The van der Waals surface area contributed by atoms with Crippen molar-refractivity contribution in [3.63, 3.8) is 0 Å². The van der Waals surface area contributed by atoms with Gasteiger partial charge in [-0.25, -0.2) is 8.42 Å². The number of aromatic nitrogens is 2. The van der Waals surface area contributed by atoms with Crippen LogP contribution in [0.2, 0.25) is 0 Å². The molecule has 1 heterocycles. The minimum absolute atomic E-state index is 0.0326. The lowest BCUT2D eigenvalue weighted by Crippen LogP contribution is -2.05. The second-order valence-corrected chi connectivity index (χ2v) is 6.22. The molecule has 0 saturated heterocycles. The second kappa shape index (κ2) is 4.45. The van der Waals surface area contributed by atoms with Gasteiger partial charge in [-0.15, -0.1) is 0 Å². The van der Waals surface area contributed by atoms with Crippen molar-refractivity contribution in [3.05, 3.63) is 36.2 Å². The van der Waals surface area contributed by atoms with Crippen molar-refractivity contribution in [1.82, 2.24) is 10.2 Å². The number of H-pyrrole nitrogens is 1. The van der Waals surface area contributed by atoms with Crippen LogP contribution in [0.25, 0.3) is 0 Å². The van der Waals surface area contributed by atoms with Crippen molar-refractivity contribution >= 4 is 9.84 Å². The van der Waals surface area contributed by atoms with Crippen molar-refractivity contribution in [2.75, 3.05) is 0 Å². The highest BCUT2D eigenvalue weighted by Gasteiger charge is 2.24. The molecule has 2 rings (SSSR count). The van der Waals surface area contributed by atoms with Crippen LogP contribution in [0.3, 0.4) is 0 Å². The molecular weight excluding hydrogens is 252 g/mol. The maximum Gasteiger partial charge on any atom is 0.209 e. The third-order valence-corrected chi connectivity index (χ3v) is 4.44. The molecule has 0 atom stereocenters. The van der Waals surface area contributed by atoms with Gasteiger partial charge in [-0.3, -0.25) is 5.10 Å². The van der Waals surface area contributed by atoms with Crippen LogP contribution in [0.4, 0.5) is 0 Å². The van der Waals surface area contributed by atoms with E-state index in [1.165, 1.54) is 30.5 Å². The molecule has 0 aliphatic rings. The summed E-state index contributed by atoms with van der Waals surface area (Å²) in [5.41, 5.74) is 0.586. The van der Waals surface area contributed by atoms with Gasteiger partial charge in [-0.2, -0.15) is 5.10 Å². The van der Waals surface area contributed by atoms with Crippen LogP contribution in [-0.2, 0) is 9.84 Å². The van der Waals surface area contributed by atoms with E-state index in [0.29, 0.717) is 5.69 Å². The average Bonchev–Trinajstić information content (AvgIpc) is 2.79. The topological polar surface area (TPSA) is 83.0 Å². The summed E-state index contributed by atoms with van der Waals surface area (Å²) in [5, 5.41) is 15.7. The third kappa shape index (κ3) is 2.11. The van der Waals surface area contributed by atoms with Gasteiger partial charge in [0.25, 0.3) is 0 Å². The smallest absolute Gasteiger partial charge is 0.209 e. The fourth-order valence-electron chi connectivity index (χ4n) is 1.67. The van der Waals surface area contributed by atoms with Gasteiger partial charge in [-0.1, -0.05) is 13.8 Å². The summed E-state index contributed by atoms with van der Waals surface area (Å²) in [6, 6.07) is 5.45. The highest BCUT2D eigenvalue weighted by Crippen LogP contribution is 2.27. The predicted octanol–water partition coefficient (Wildman–Crippen LogP) is 2.07. The Morgan fingerprint density at radius 1 is 1.22 bits per heavy atom. The zero-order valence-corrected chi connectivity index (χ0v) is 10.9. The van der Waals surface area contributed by atoms with E-state index in [-0.39, 0.29) is 21.5 Å². The van der Waals surface area contributed by atoms with E-state index >= 15 is 0 Å². The number of nitrogens with one attached hydrogen (secondary N) is 1. The lowest BCUT2D eigenvalue weighted by atomic mass is 10.1. The molecule has 0 bridgehead atoms. The van der Waals surface area contributed by atoms with E-state index in [1.807, 2.05) is 13.8 Å². The molecule has 0 aliphatic heterocycles. The fourth-order valence-corrected chi connectivity index (χ4v) is 3.18. The number of phenolic OH excluding ortho intramolecular Hbond substituents is 1. The maximum atomic E-state index is 12.4. The van der Waals surface area contributed by atoms with Crippen LogP contribution in [0.1, 0.15) is 25.5 Å². The summed E-state index contributed by atoms with van der Waals surface area (Å²) in [4.78, 5) is 0.326. The first-order valence-corrected chi connectivity index (χ1v) is 6.98. The zero-order chi connectivity index (χ0) is 13.3. The van der Waals surface area contributed by atoms with Crippen molar-refractivity contribution in [1.29, 1.82) is 0 Å². The summed E-state index contributed by atoms with van der Waals surface area (Å²) in [5.74, 6) is 0.0691. The maximum absolute atomic E-state index is 12.4. The lowest BCUT2D eigenvalue weighted by Gasteiger charge is -2.07. The van der Waals surface area contributed by atoms with E-state index < -0.39 is 9.84 Å². The monoisotopic (exact) mass is 266 g/mol. The predicted molar refractivity (Wildman–Crippen MR) is 66.2 cm³/mol. The Morgan fingerprint density at radius 3 is 2.39 bits per heavy atom. The summed E-state index contributed by atoms with van der Waals surface area (Å²) in [7, 11) is -3.59. The molecule has 0 amide bonds. The Kier molecular flexibility index (Phi) is 3.13. The van der Waals surface area contributed by atoms with E-state index in [9.17, 15) is 13.5 Å². The average molecular weight is 266 g/mol. The van der Waals surface area contributed by atoms with E-state index in [1.54, 1.807) is 0 Å². The standard InChI is InChI=1S/C12H14N2O3S/c1-8(2)12-11(7-13-14-12)18(16,17)10-5-3-9(15)4-6-10/h3-8,15H,1-2H3,(H,13,14). The number of sulfone groups is 1. The largest absolute Gasteiger partial charge is 0.508 e.